The molecule has 0 saturated carbocycles. The van der Waals surface area contributed by atoms with Gasteiger partial charge in [0.05, 0.1) is 5.02 Å². The summed E-state index contributed by atoms with van der Waals surface area (Å²) in [6.45, 7) is 8.16. The van der Waals surface area contributed by atoms with Gasteiger partial charge in [-0.3, -0.25) is 0 Å². The lowest BCUT2D eigenvalue weighted by atomic mass is 9.93. The van der Waals surface area contributed by atoms with Crippen molar-refractivity contribution in [2.75, 3.05) is 0 Å². The Morgan fingerprint density at radius 2 is 1.85 bits per heavy atom. The second kappa shape index (κ2) is 3.59. The molecule has 0 fully saturated rings. The van der Waals surface area contributed by atoms with E-state index in [1.54, 1.807) is 0 Å². The zero-order chi connectivity index (χ0) is 10.2. The maximum Gasteiger partial charge on any atom is 0.137 e. The minimum atomic E-state index is 0.218. The van der Waals surface area contributed by atoms with Gasteiger partial charge in [-0.1, -0.05) is 25.4 Å². The molecule has 1 aromatic rings. The summed E-state index contributed by atoms with van der Waals surface area (Å²) in [5, 5.41) is 10.1. The van der Waals surface area contributed by atoms with Gasteiger partial charge >= 0.3 is 0 Å². The highest BCUT2D eigenvalue weighted by atomic mass is 35.5. The summed E-state index contributed by atoms with van der Waals surface area (Å²) in [6.07, 6.45) is 0. The number of halogens is 1. The van der Waals surface area contributed by atoms with E-state index in [9.17, 15) is 5.11 Å². The third kappa shape index (κ3) is 1.80. The van der Waals surface area contributed by atoms with Crippen LogP contribution in [0.5, 0.6) is 5.75 Å². The molecule has 0 aliphatic carbocycles. The second-order valence-electron chi connectivity index (χ2n) is 3.72. The first kappa shape index (κ1) is 10.4. The van der Waals surface area contributed by atoms with Crippen LogP contribution < -0.4 is 0 Å². The average molecular weight is 199 g/mol. The Morgan fingerprint density at radius 1 is 1.31 bits per heavy atom. The molecule has 13 heavy (non-hydrogen) atoms. The number of aryl methyl sites for hydroxylation is 1. The van der Waals surface area contributed by atoms with Gasteiger partial charge in [0.25, 0.3) is 0 Å². The van der Waals surface area contributed by atoms with E-state index >= 15 is 0 Å². The van der Waals surface area contributed by atoms with Gasteiger partial charge in [-0.2, -0.15) is 0 Å². The molecule has 0 spiro atoms. The lowest BCUT2D eigenvalue weighted by Crippen LogP contribution is -1.96. The molecular formula is C11H15ClO. The first-order valence-corrected chi connectivity index (χ1v) is 4.81. The Kier molecular flexibility index (Phi) is 2.87. The van der Waals surface area contributed by atoms with Crippen molar-refractivity contribution < 1.29 is 5.11 Å². The van der Waals surface area contributed by atoms with Crippen LogP contribution in [0, 0.1) is 13.8 Å². The molecule has 2 heteroatoms. The van der Waals surface area contributed by atoms with Gasteiger partial charge < -0.3 is 5.11 Å². The average Bonchev–Trinajstić information content (AvgIpc) is 1.99. The Morgan fingerprint density at radius 3 is 2.31 bits per heavy atom. The van der Waals surface area contributed by atoms with E-state index in [4.69, 9.17) is 11.6 Å². The van der Waals surface area contributed by atoms with Gasteiger partial charge in [0.1, 0.15) is 5.75 Å². The van der Waals surface area contributed by atoms with Crippen LogP contribution in [0.1, 0.15) is 36.5 Å². The van der Waals surface area contributed by atoms with Crippen molar-refractivity contribution in [2.24, 2.45) is 0 Å². The normalized spacial score (nSPS) is 10.9. The van der Waals surface area contributed by atoms with E-state index in [0.717, 1.165) is 11.1 Å². The standard InChI is InChI=1S/C11H15ClO/c1-6(2)10-7(3)5-9(12)11(13)8(10)4/h5-6,13H,1-4H3. The second-order valence-corrected chi connectivity index (χ2v) is 4.12. The molecule has 1 nitrogen and oxygen atoms in total. The molecule has 0 bridgehead atoms. The predicted octanol–water partition coefficient (Wildman–Crippen LogP) is 3.79. The van der Waals surface area contributed by atoms with Crippen molar-refractivity contribution >= 4 is 11.6 Å². The fraction of sp³-hybridized carbons (Fsp3) is 0.455. The van der Waals surface area contributed by atoms with Crippen LogP contribution in [-0.2, 0) is 0 Å². The number of aromatic hydroxyl groups is 1. The molecule has 0 unspecified atom stereocenters. The van der Waals surface area contributed by atoms with E-state index in [-0.39, 0.29) is 5.75 Å². The lowest BCUT2D eigenvalue weighted by Gasteiger charge is -2.15. The van der Waals surface area contributed by atoms with Crippen LogP contribution in [0.15, 0.2) is 6.07 Å². The van der Waals surface area contributed by atoms with Crippen molar-refractivity contribution in [1.29, 1.82) is 0 Å². The Labute approximate surface area is 84.4 Å². The smallest absolute Gasteiger partial charge is 0.137 e. The van der Waals surface area contributed by atoms with E-state index in [1.165, 1.54) is 5.56 Å². The van der Waals surface area contributed by atoms with E-state index in [1.807, 2.05) is 19.9 Å². The molecule has 0 radical (unpaired) electrons. The molecule has 0 heterocycles. The first-order chi connectivity index (χ1) is 5.95. The SMILES string of the molecule is Cc1cc(Cl)c(O)c(C)c1C(C)C. The van der Waals surface area contributed by atoms with Gasteiger partial charge in [0.2, 0.25) is 0 Å². The zero-order valence-corrected chi connectivity index (χ0v) is 9.24. The molecule has 0 amide bonds. The summed E-state index contributed by atoms with van der Waals surface area (Å²) < 4.78 is 0. The van der Waals surface area contributed by atoms with Crippen LogP contribution in [0.3, 0.4) is 0 Å². The van der Waals surface area contributed by atoms with Crippen molar-refractivity contribution in [3.05, 3.63) is 27.8 Å². The van der Waals surface area contributed by atoms with Crippen LogP contribution >= 0.6 is 11.6 Å². The van der Waals surface area contributed by atoms with Crippen LogP contribution in [0.2, 0.25) is 5.02 Å². The molecule has 0 aromatic heterocycles. The van der Waals surface area contributed by atoms with Gasteiger partial charge in [-0.15, -0.1) is 0 Å². The molecular weight excluding hydrogens is 184 g/mol. The van der Waals surface area contributed by atoms with Crippen LogP contribution in [0.4, 0.5) is 0 Å². The van der Waals surface area contributed by atoms with Crippen LogP contribution in [-0.4, -0.2) is 5.11 Å². The van der Waals surface area contributed by atoms with E-state index in [2.05, 4.69) is 13.8 Å². The van der Waals surface area contributed by atoms with Gasteiger partial charge in [-0.05, 0) is 42.5 Å². The molecule has 0 saturated heterocycles. The zero-order valence-electron chi connectivity index (χ0n) is 8.48. The highest BCUT2D eigenvalue weighted by Gasteiger charge is 2.13. The molecule has 1 aromatic carbocycles. The topological polar surface area (TPSA) is 20.2 Å². The van der Waals surface area contributed by atoms with Crippen molar-refractivity contribution in [3.8, 4) is 5.75 Å². The van der Waals surface area contributed by atoms with Gasteiger partial charge in [0.15, 0.2) is 0 Å². The number of hydrogen-bond acceptors (Lipinski definition) is 1. The van der Waals surface area contributed by atoms with E-state index in [0.29, 0.717) is 10.9 Å². The third-order valence-corrected chi connectivity index (χ3v) is 2.62. The van der Waals surface area contributed by atoms with Crippen molar-refractivity contribution in [1.82, 2.24) is 0 Å². The summed E-state index contributed by atoms with van der Waals surface area (Å²) in [7, 11) is 0. The highest BCUT2D eigenvalue weighted by Crippen LogP contribution is 2.35. The largest absolute Gasteiger partial charge is 0.506 e. The monoisotopic (exact) mass is 198 g/mol. The number of benzene rings is 1. The number of phenols is 1. The molecule has 1 N–H and O–H groups in total. The number of phenolic OH excluding ortho intramolecular Hbond substituents is 1. The molecule has 0 aliphatic rings. The van der Waals surface area contributed by atoms with Crippen molar-refractivity contribution in [3.63, 3.8) is 0 Å². The van der Waals surface area contributed by atoms with Crippen molar-refractivity contribution in [2.45, 2.75) is 33.6 Å². The number of rotatable bonds is 1. The molecule has 1 rings (SSSR count). The molecule has 0 aliphatic heterocycles. The minimum absolute atomic E-state index is 0.218. The maximum absolute atomic E-state index is 9.63. The number of hydrogen-bond donors (Lipinski definition) is 1. The fourth-order valence-electron chi connectivity index (χ4n) is 1.83. The van der Waals surface area contributed by atoms with Crippen LogP contribution in [0.25, 0.3) is 0 Å². The summed E-state index contributed by atoms with van der Waals surface area (Å²) in [5.41, 5.74) is 3.25. The Hall–Kier alpha value is -0.690. The molecule has 72 valence electrons. The van der Waals surface area contributed by atoms with Gasteiger partial charge in [0, 0.05) is 0 Å². The third-order valence-electron chi connectivity index (χ3n) is 2.33. The first-order valence-electron chi connectivity index (χ1n) is 4.43. The fourth-order valence-corrected chi connectivity index (χ4v) is 2.13. The summed E-state index contributed by atoms with van der Waals surface area (Å²) in [4.78, 5) is 0. The minimum Gasteiger partial charge on any atom is -0.506 e. The van der Waals surface area contributed by atoms with E-state index < -0.39 is 0 Å². The lowest BCUT2D eigenvalue weighted by molar-refractivity contribution is 0.469. The highest BCUT2D eigenvalue weighted by molar-refractivity contribution is 6.32. The summed E-state index contributed by atoms with van der Waals surface area (Å²) in [6, 6.07) is 1.82. The summed E-state index contributed by atoms with van der Waals surface area (Å²) in [5.74, 6) is 0.638. The maximum atomic E-state index is 9.63. The molecule has 0 atom stereocenters. The predicted molar refractivity (Wildman–Crippen MR) is 56.7 cm³/mol. The quantitative estimate of drug-likeness (QED) is 0.728. The Bertz CT molecular complexity index is 329. The van der Waals surface area contributed by atoms with Gasteiger partial charge in [-0.25, -0.2) is 0 Å². The summed E-state index contributed by atoms with van der Waals surface area (Å²) >= 11 is 5.85. The Balaban J connectivity index is 3.44.